The van der Waals surface area contributed by atoms with Crippen LogP contribution in [0.25, 0.3) is 11.0 Å². The molecule has 2 fully saturated rings. The fourth-order valence-corrected chi connectivity index (χ4v) is 4.94. The van der Waals surface area contributed by atoms with Gasteiger partial charge in [0.1, 0.15) is 0 Å². The van der Waals surface area contributed by atoms with Crippen LogP contribution in [-0.4, -0.2) is 42.8 Å². The molecule has 1 aromatic heterocycles. The van der Waals surface area contributed by atoms with Gasteiger partial charge in [-0.3, -0.25) is 0 Å². The minimum Gasteiger partial charge on any atom is -0.355 e. The third-order valence-electron chi connectivity index (χ3n) is 4.81. The summed E-state index contributed by atoms with van der Waals surface area (Å²) in [5, 5.41) is -0.149. The number of aromatic nitrogens is 2. The second kappa shape index (κ2) is 5.97. The zero-order chi connectivity index (χ0) is 16.7. The molecule has 1 saturated heterocycles. The molecule has 2 aromatic rings. The molecule has 1 N–H and O–H groups in total. The highest BCUT2D eigenvalue weighted by molar-refractivity contribution is 7.90. The van der Waals surface area contributed by atoms with Crippen molar-refractivity contribution in [2.45, 2.75) is 43.9 Å². The van der Waals surface area contributed by atoms with Gasteiger partial charge in [-0.05, 0) is 44.7 Å². The summed E-state index contributed by atoms with van der Waals surface area (Å²) in [5.74, 6) is 0.914. The van der Waals surface area contributed by atoms with Crippen molar-refractivity contribution >= 4 is 26.9 Å². The molecular formula is C17H22N4O2S. The van der Waals surface area contributed by atoms with Gasteiger partial charge in [-0.15, -0.1) is 0 Å². The molecule has 1 aromatic carbocycles. The number of rotatable bonds is 4. The number of hydrogen-bond donors (Lipinski definition) is 1. The molecule has 7 heteroatoms. The van der Waals surface area contributed by atoms with Crippen LogP contribution in [0.1, 0.15) is 31.4 Å². The van der Waals surface area contributed by atoms with Gasteiger partial charge in [0, 0.05) is 19.1 Å². The second-order valence-electron chi connectivity index (χ2n) is 6.74. The minimum atomic E-state index is -3.10. The van der Waals surface area contributed by atoms with Gasteiger partial charge in [0.05, 0.1) is 22.0 Å². The van der Waals surface area contributed by atoms with E-state index < -0.39 is 10.0 Å². The molecule has 0 radical (unpaired) electrons. The van der Waals surface area contributed by atoms with Crippen LogP contribution >= 0.6 is 0 Å². The number of benzene rings is 1. The first kappa shape index (κ1) is 15.8. The first-order chi connectivity index (χ1) is 11.5. The van der Waals surface area contributed by atoms with E-state index in [2.05, 4.69) is 14.6 Å². The number of hydrogen-bond acceptors (Lipinski definition) is 5. The van der Waals surface area contributed by atoms with Crippen molar-refractivity contribution in [1.29, 1.82) is 0 Å². The Morgan fingerprint density at radius 1 is 1.04 bits per heavy atom. The van der Waals surface area contributed by atoms with E-state index in [4.69, 9.17) is 4.98 Å². The van der Waals surface area contributed by atoms with Crippen molar-refractivity contribution in [2.75, 3.05) is 18.0 Å². The molecule has 4 rings (SSSR count). The molecule has 1 saturated carbocycles. The molecule has 0 spiro atoms. The van der Waals surface area contributed by atoms with Crippen LogP contribution in [-0.2, 0) is 10.0 Å². The third-order valence-corrected chi connectivity index (χ3v) is 6.82. The number of nitrogens with zero attached hydrogens (tertiary/aromatic N) is 3. The third kappa shape index (κ3) is 3.10. The Hall–Kier alpha value is -1.73. The number of aryl methyl sites for hydroxylation is 1. The van der Waals surface area contributed by atoms with E-state index in [1.807, 2.05) is 31.2 Å². The van der Waals surface area contributed by atoms with Gasteiger partial charge in [0.15, 0.2) is 5.82 Å². The Balaban J connectivity index is 1.46. The molecule has 0 atom stereocenters. The predicted molar refractivity (Wildman–Crippen MR) is 94.6 cm³/mol. The Labute approximate surface area is 142 Å². The second-order valence-corrected chi connectivity index (χ2v) is 8.74. The standard InChI is InChI=1S/C17H22N4O2S/c1-12-17(19-16-5-3-2-4-15(16)18-12)21-10-8-13(9-11-21)20-24(22,23)14-6-7-14/h2-5,13-14,20H,6-11H2,1H3. The number of sulfonamides is 1. The fourth-order valence-electron chi connectivity index (χ4n) is 3.29. The van der Waals surface area contributed by atoms with Crippen LogP contribution in [0, 0.1) is 6.92 Å². The van der Waals surface area contributed by atoms with E-state index in [1.54, 1.807) is 0 Å². The van der Waals surface area contributed by atoms with Crippen molar-refractivity contribution in [3.8, 4) is 0 Å². The molecule has 1 aliphatic heterocycles. The van der Waals surface area contributed by atoms with E-state index in [-0.39, 0.29) is 11.3 Å². The van der Waals surface area contributed by atoms with E-state index >= 15 is 0 Å². The summed E-state index contributed by atoms with van der Waals surface area (Å²) in [5.41, 5.74) is 2.73. The number of nitrogens with one attached hydrogen (secondary N) is 1. The Morgan fingerprint density at radius 2 is 1.67 bits per heavy atom. The molecule has 0 unspecified atom stereocenters. The van der Waals surface area contributed by atoms with Crippen molar-refractivity contribution < 1.29 is 8.42 Å². The summed E-state index contributed by atoms with van der Waals surface area (Å²) in [4.78, 5) is 11.6. The van der Waals surface area contributed by atoms with Gasteiger partial charge in [0.25, 0.3) is 0 Å². The molecule has 1 aliphatic carbocycles. The number of anilines is 1. The van der Waals surface area contributed by atoms with Gasteiger partial charge < -0.3 is 4.90 Å². The van der Waals surface area contributed by atoms with Gasteiger partial charge in [-0.25, -0.2) is 23.1 Å². The topological polar surface area (TPSA) is 75.2 Å². The SMILES string of the molecule is Cc1nc2ccccc2nc1N1CCC(NS(=O)(=O)C2CC2)CC1. The summed E-state index contributed by atoms with van der Waals surface area (Å²) in [7, 11) is -3.10. The largest absolute Gasteiger partial charge is 0.355 e. The monoisotopic (exact) mass is 346 g/mol. The summed E-state index contributed by atoms with van der Waals surface area (Å²) < 4.78 is 27.0. The van der Waals surface area contributed by atoms with Crippen LogP contribution in [0.2, 0.25) is 0 Å². The smallest absolute Gasteiger partial charge is 0.214 e. The highest BCUT2D eigenvalue weighted by atomic mass is 32.2. The maximum absolute atomic E-state index is 12.1. The Morgan fingerprint density at radius 3 is 2.29 bits per heavy atom. The molecule has 6 nitrogen and oxygen atoms in total. The first-order valence-electron chi connectivity index (χ1n) is 8.52. The predicted octanol–water partition coefficient (Wildman–Crippen LogP) is 1.99. The van der Waals surface area contributed by atoms with Gasteiger partial charge >= 0.3 is 0 Å². The fraction of sp³-hybridized carbons (Fsp3) is 0.529. The average Bonchev–Trinajstić information content (AvgIpc) is 3.40. The molecule has 0 amide bonds. The first-order valence-corrected chi connectivity index (χ1v) is 10.1. The molecule has 2 heterocycles. The summed E-state index contributed by atoms with van der Waals surface area (Å²) >= 11 is 0. The quantitative estimate of drug-likeness (QED) is 0.916. The van der Waals surface area contributed by atoms with Crippen molar-refractivity contribution in [3.63, 3.8) is 0 Å². The zero-order valence-corrected chi connectivity index (χ0v) is 14.6. The van der Waals surface area contributed by atoms with Crippen molar-refractivity contribution in [3.05, 3.63) is 30.0 Å². The van der Waals surface area contributed by atoms with Crippen LogP contribution < -0.4 is 9.62 Å². The maximum atomic E-state index is 12.1. The van der Waals surface area contributed by atoms with Crippen LogP contribution in [0.15, 0.2) is 24.3 Å². The van der Waals surface area contributed by atoms with Gasteiger partial charge in [-0.1, -0.05) is 12.1 Å². The highest BCUT2D eigenvalue weighted by Crippen LogP contribution is 2.29. The minimum absolute atomic E-state index is 0.0422. The molecule has 128 valence electrons. The van der Waals surface area contributed by atoms with Gasteiger partial charge in [-0.2, -0.15) is 0 Å². The summed E-state index contributed by atoms with van der Waals surface area (Å²) in [6, 6.07) is 7.92. The van der Waals surface area contributed by atoms with Gasteiger partial charge in [0.2, 0.25) is 10.0 Å². The Kier molecular flexibility index (Phi) is 3.92. The maximum Gasteiger partial charge on any atom is 0.214 e. The van der Waals surface area contributed by atoms with Crippen molar-refractivity contribution in [2.24, 2.45) is 0 Å². The number of piperidine rings is 1. The zero-order valence-electron chi connectivity index (χ0n) is 13.8. The molecule has 2 aliphatic rings. The lowest BCUT2D eigenvalue weighted by molar-refractivity contribution is 0.457. The summed E-state index contributed by atoms with van der Waals surface area (Å²) in [6.07, 6.45) is 3.22. The lowest BCUT2D eigenvalue weighted by Gasteiger charge is -2.33. The van der Waals surface area contributed by atoms with E-state index in [1.165, 1.54) is 0 Å². The molecule has 0 bridgehead atoms. The number of fused-ring (bicyclic) bond motifs is 1. The van der Waals surface area contributed by atoms with Crippen LogP contribution in [0.4, 0.5) is 5.82 Å². The van der Waals surface area contributed by atoms with E-state index in [0.29, 0.717) is 0 Å². The molecule has 24 heavy (non-hydrogen) atoms. The molecular weight excluding hydrogens is 324 g/mol. The Bertz CT molecular complexity index is 856. The van der Waals surface area contributed by atoms with E-state index in [0.717, 1.165) is 61.3 Å². The van der Waals surface area contributed by atoms with E-state index in [9.17, 15) is 8.42 Å². The normalized spacial score (nSPS) is 19.8. The van der Waals surface area contributed by atoms with Crippen LogP contribution in [0.3, 0.4) is 0 Å². The summed E-state index contributed by atoms with van der Waals surface area (Å²) in [6.45, 7) is 3.58. The lowest BCUT2D eigenvalue weighted by Crippen LogP contribution is -2.46. The lowest BCUT2D eigenvalue weighted by atomic mass is 10.1. The number of para-hydroxylation sites is 2. The highest BCUT2D eigenvalue weighted by Gasteiger charge is 2.37. The van der Waals surface area contributed by atoms with Crippen LogP contribution in [0.5, 0.6) is 0 Å². The average molecular weight is 346 g/mol. The van der Waals surface area contributed by atoms with Crippen molar-refractivity contribution in [1.82, 2.24) is 14.7 Å².